The first-order valence-corrected chi connectivity index (χ1v) is 14.3. The maximum atomic E-state index is 6.65. The Morgan fingerprint density at radius 1 is 0.442 bits per heavy atom. The van der Waals surface area contributed by atoms with Crippen molar-refractivity contribution in [1.29, 1.82) is 0 Å². The molecule has 9 rings (SSSR count). The molecule has 0 spiro atoms. The van der Waals surface area contributed by atoms with Crippen LogP contribution >= 0.6 is 0 Å². The summed E-state index contributed by atoms with van der Waals surface area (Å²) in [5.41, 5.74) is 10.2. The lowest BCUT2D eigenvalue weighted by Crippen LogP contribution is -2.20. The smallest absolute Gasteiger partial charge is 0.163 e. The third-order valence-corrected chi connectivity index (χ3v) is 8.03. The number of rotatable bonds is 3. The lowest BCUT2D eigenvalue weighted by atomic mass is 9.98. The summed E-state index contributed by atoms with van der Waals surface area (Å²) in [4.78, 5) is 12.6. The summed E-state index contributed by atoms with van der Waals surface area (Å²) >= 11 is 0. The van der Waals surface area contributed by atoms with Crippen LogP contribution in [0.4, 0.5) is 17.1 Å². The third kappa shape index (κ3) is 3.72. The van der Waals surface area contributed by atoms with E-state index in [9.17, 15) is 0 Å². The summed E-state index contributed by atoms with van der Waals surface area (Å²) in [7, 11) is 0. The molecule has 0 bridgehead atoms. The SMILES string of the molecule is c1ccc(-c2nc3ccc(-c4ccc5c6c4Oc4ccccc4N6c4ccccc4O5)cc3nc2-c2ccccc2)cc1. The van der Waals surface area contributed by atoms with E-state index in [1.807, 2.05) is 84.9 Å². The van der Waals surface area contributed by atoms with Gasteiger partial charge in [0.2, 0.25) is 0 Å². The second-order valence-electron chi connectivity index (χ2n) is 10.6. The predicted molar refractivity (Wildman–Crippen MR) is 171 cm³/mol. The zero-order valence-corrected chi connectivity index (χ0v) is 22.9. The monoisotopic (exact) mass is 553 g/mol. The highest BCUT2D eigenvalue weighted by Gasteiger charge is 2.36. The van der Waals surface area contributed by atoms with Crippen LogP contribution in [-0.2, 0) is 0 Å². The fraction of sp³-hybridized carbons (Fsp3) is 0. The molecule has 0 saturated carbocycles. The molecule has 0 radical (unpaired) electrons. The highest BCUT2D eigenvalue weighted by Crippen LogP contribution is 2.61. The summed E-state index contributed by atoms with van der Waals surface area (Å²) < 4.78 is 13.0. The molecule has 0 aliphatic carbocycles. The van der Waals surface area contributed by atoms with Gasteiger partial charge in [0.15, 0.2) is 23.0 Å². The second-order valence-corrected chi connectivity index (χ2v) is 10.6. The van der Waals surface area contributed by atoms with E-state index in [1.54, 1.807) is 0 Å². The van der Waals surface area contributed by atoms with Crippen molar-refractivity contribution in [3.05, 3.63) is 140 Å². The second kappa shape index (κ2) is 9.29. The maximum absolute atomic E-state index is 6.65. The van der Waals surface area contributed by atoms with Gasteiger partial charge in [-0.3, -0.25) is 4.90 Å². The van der Waals surface area contributed by atoms with Crippen molar-refractivity contribution >= 4 is 28.1 Å². The predicted octanol–water partition coefficient (Wildman–Crippen LogP) is 10.3. The number of benzene rings is 6. The van der Waals surface area contributed by atoms with Gasteiger partial charge in [-0.2, -0.15) is 0 Å². The molecule has 202 valence electrons. The number of aromatic nitrogens is 2. The zero-order chi connectivity index (χ0) is 28.3. The van der Waals surface area contributed by atoms with Gasteiger partial charge in [-0.05, 0) is 54.1 Å². The number of ether oxygens (including phenoxy) is 2. The van der Waals surface area contributed by atoms with E-state index < -0.39 is 0 Å². The molecule has 3 heterocycles. The molecule has 0 unspecified atom stereocenters. The standard InChI is InChI=1S/C38H23N3O2/c1-3-11-24(12-4-1)35-36(25-13-5-2-6-14-25)40-29-23-26(19-21-28(29)39-35)27-20-22-34-37-38(27)43-33-18-10-8-16-31(33)41(37)30-15-7-9-17-32(30)42-34/h1-23H. The zero-order valence-electron chi connectivity index (χ0n) is 22.9. The Bertz CT molecular complexity index is 2190. The van der Waals surface area contributed by atoms with Gasteiger partial charge in [0.1, 0.15) is 5.69 Å². The highest BCUT2D eigenvalue weighted by molar-refractivity contribution is 5.98. The van der Waals surface area contributed by atoms with Crippen LogP contribution in [0.1, 0.15) is 0 Å². The Morgan fingerprint density at radius 3 is 1.70 bits per heavy atom. The van der Waals surface area contributed by atoms with Crippen LogP contribution in [0.25, 0.3) is 44.7 Å². The van der Waals surface area contributed by atoms with Crippen molar-refractivity contribution in [2.24, 2.45) is 0 Å². The Morgan fingerprint density at radius 2 is 1.02 bits per heavy atom. The van der Waals surface area contributed by atoms with Gasteiger partial charge in [0.05, 0.1) is 33.8 Å². The Balaban J connectivity index is 1.24. The van der Waals surface area contributed by atoms with E-state index in [1.165, 1.54) is 0 Å². The average Bonchev–Trinajstić information content (AvgIpc) is 3.08. The minimum absolute atomic E-state index is 0.752. The van der Waals surface area contributed by atoms with Crippen LogP contribution in [0, 0.1) is 0 Å². The molecule has 0 saturated heterocycles. The largest absolute Gasteiger partial charge is 0.453 e. The first-order chi connectivity index (χ1) is 21.3. The number of nitrogens with zero attached hydrogens (tertiary/aromatic N) is 3. The van der Waals surface area contributed by atoms with Crippen LogP contribution < -0.4 is 14.4 Å². The van der Waals surface area contributed by atoms with Gasteiger partial charge in [-0.1, -0.05) is 91.0 Å². The number of anilines is 3. The van der Waals surface area contributed by atoms with Crippen LogP contribution in [0.2, 0.25) is 0 Å². The van der Waals surface area contributed by atoms with E-state index in [4.69, 9.17) is 19.4 Å². The minimum atomic E-state index is 0.752. The number of fused-ring (bicyclic) bond motifs is 5. The molecule has 5 heteroatoms. The fourth-order valence-electron chi connectivity index (χ4n) is 6.05. The lowest BCUT2D eigenvalue weighted by molar-refractivity contribution is 0.447. The summed E-state index contributed by atoms with van der Waals surface area (Å²) in [5, 5.41) is 0. The molecular weight excluding hydrogens is 530 g/mol. The molecule has 0 fully saturated rings. The van der Waals surface area contributed by atoms with Crippen molar-refractivity contribution in [3.8, 4) is 56.6 Å². The van der Waals surface area contributed by atoms with E-state index in [0.29, 0.717) is 0 Å². The van der Waals surface area contributed by atoms with Crippen LogP contribution in [-0.4, -0.2) is 9.97 Å². The van der Waals surface area contributed by atoms with Crippen LogP contribution in [0.3, 0.4) is 0 Å². The summed E-state index contributed by atoms with van der Waals surface area (Å²) in [6, 6.07) is 47.1. The van der Waals surface area contributed by atoms with Crippen molar-refractivity contribution in [2.75, 3.05) is 4.90 Å². The van der Waals surface area contributed by atoms with E-state index in [2.05, 4.69) is 59.5 Å². The molecule has 1 aromatic heterocycles. The first-order valence-electron chi connectivity index (χ1n) is 14.3. The molecular formula is C38H23N3O2. The fourth-order valence-corrected chi connectivity index (χ4v) is 6.05. The van der Waals surface area contributed by atoms with Gasteiger partial charge in [0, 0.05) is 16.7 Å². The molecule has 5 nitrogen and oxygen atoms in total. The van der Waals surface area contributed by atoms with Crippen molar-refractivity contribution in [1.82, 2.24) is 9.97 Å². The highest BCUT2D eigenvalue weighted by atomic mass is 16.5. The normalized spacial score (nSPS) is 12.5. The topological polar surface area (TPSA) is 47.5 Å². The quantitative estimate of drug-likeness (QED) is 0.218. The van der Waals surface area contributed by atoms with Gasteiger partial charge in [0.25, 0.3) is 0 Å². The number of hydrogen-bond acceptors (Lipinski definition) is 5. The van der Waals surface area contributed by atoms with Crippen molar-refractivity contribution in [2.45, 2.75) is 0 Å². The first kappa shape index (κ1) is 23.7. The summed E-state index contributed by atoms with van der Waals surface area (Å²) in [5.74, 6) is 3.12. The molecule has 2 aliphatic rings. The lowest BCUT2D eigenvalue weighted by Gasteiger charge is -2.38. The molecule has 43 heavy (non-hydrogen) atoms. The molecule has 7 aromatic rings. The average molecular weight is 554 g/mol. The van der Waals surface area contributed by atoms with Crippen molar-refractivity contribution in [3.63, 3.8) is 0 Å². The molecule has 0 amide bonds. The van der Waals surface area contributed by atoms with Crippen LogP contribution in [0.15, 0.2) is 140 Å². The Hall–Kier alpha value is -5.94. The van der Waals surface area contributed by atoms with Crippen LogP contribution in [0.5, 0.6) is 23.0 Å². The molecule has 2 aliphatic heterocycles. The number of hydrogen-bond donors (Lipinski definition) is 0. The Kier molecular flexibility index (Phi) is 5.13. The summed E-state index contributed by atoms with van der Waals surface area (Å²) in [6.45, 7) is 0. The number of para-hydroxylation sites is 4. The molecule has 0 N–H and O–H groups in total. The van der Waals surface area contributed by atoms with E-state index >= 15 is 0 Å². The third-order valence-electron chi connectivity index (χ3n) is 8.03. The maximum Gasteiger partial charge on any atom is 0.163 e. The van der Waals surface area contributed by atoms with Gasteiger partial charge in [-0.15, -0.1) is 0 Å². The summed E-state index contributed by atoms with van der Waals surface area (Å²) in [6.07, 6.45) is 0. The van der Waals surface area contributed by atoms with Gasteiger partial charge < -0.3 is 9.47 Å². The van der Waals surface area contributed by atoms with Gasteiger partial charge >= 0.3 is 0 Å². The molecule has 6 aromatic carbocycles. The van der Waals surface area contributed by atoms with E-state index in [0.717, 1.165) is 84.7 Å². The molecule has 0 atom stereocenters. The van der Waals surface area contributed by atoms with Crippen molar-refractivity contribution < 1.29 is 9.47 Å². The van der Waals surface area contributed by atoms with Gasteiger partial charge in [-0.25, -0.2) is 9.97 Å². The Labute approximate surface area is 248 Å². The minimum Gasteiger partial charge on any atom is -0.453 e. The van der Waals surface area contributed by atoms with E-state index in [-0.39, 0.29) is 0 Å².